The van der Waals surface area contributed by atoms with Gasteiger partial charge in [-0.3, -0.25) is 0 Å². The van der Waals surface area contributed by atoms with Crippen LogP contribution >= 0.6 is 22.9 Å². The number of ether oxygens (including phenoxy) is 1. The van der Waals surface area contributed by atoms with E-state index in [9.17, 15) is 18.0 Å². The molecule has 2 N–H and O–H groups in total. The van der Waals surface area contributed by atoms with Gasteiger partial charge >= 0.3 is 12.0 Å². The van der Waals surface area contributed by atoms with Crippen molar-refractivity contribution in [1.82, 2.24) is 10.6 Å². The van der Waals surface area contributed by atoms with Gasteiger partial charge in [-0.15, -0.1) is 11.3 Å². The Balaban J connectivity index is 2.08. The van der Waals surface area contributed by atoms with Gasteiger partial charge in [0.05, 0.1) is 28.8 Å². The number of amides is 2. The van der Waals surface area contributed by atoms with Crippen molar-refractivity contribution < 1.29 is 22.7 Å². The second-order valence-corrected chi connectivity index (χ2v) is 9.58. The normalized spacial score (nSPS) is 17.3. The number of esters is 1. The first-order valence-electron chi connectivity index (χ1n) is 7.73. The number of carbonyl (C=O) groups excluding carboxylic acids is 2. The first-order chi connectivity index (χ1) is 12.8. The zero-order chi connectivity index (χ0) is 19.6. The van der Waals surface area contributed by atoms with E-state index in [1.54, 1.807) is 30.3 Å². The van der Waals surface area contributed by atoms with Crippen molar-refractivity contribution in [2.24, 2.45) is 0 Å². The Morgan fingerprint density at radius 1 is 1.22 bits per heavy atom. The molecule has 10 heteroatoms. The van der Waals surface area contributed by atoms with Crippen LogP contribution in [0.1, 0.15) is 11.6 Å². The highest BCUT2D eigenvalue weighted by Crippen LogP contribution is 2.31. The molecule has 0 radical (unpaired) electrons. The lowest BCUT2D eigenvalue weighted by Crippen LogP contribution is -2.47. The number of nitrogens with one attached hydrogen (secondary N) is 2. The molecule has 3 rings (SSSR count). The van der Waals surface area contributed by atoms with Crippen molar-refractivity contribution in [1.29, 1.82) is 0 Å². The van der Waals surface area contributed by atoms with Crippen LogP contribution in [0.2, 0.25) is 4.34 Å². The molecule has 2 amide bonds. The first-order valence-corrected chi connectivity index (χ1v) is 10.6. The first kappa shape index (κ1) is 19.4. The average molecular weight is 427 g/mol. The quantitative estimate of drug-likeness (QED) is 0.715. The molecule has 2 heterocycles. The molecule has 0 saturated carbocycles. The second-order valence-electron chi connectivity index (χ2n) is 5.64. The van der Waals surface area contributed by atoms with Gasteiger partial charge in [0.25, 0.3) is 0 Å². The molecule has 0 fully saturated rings. The number of methoxy groups -OCH3 is 1. The minimum atomic E-state index is -3.82. The number of thiophene rings is 1. The SMILES string of the molecule is COC(=O)C1=C(CS(=O)(=O)c2ccc(Cl)s2)NC(=O)N[C@@H]1c1ccccc1. The van der Waals surface area contributed by atoms with Gasteiger partial charge in [0.1, 0.15) is 4.21 Å². The Labute approximate surface area is 164 Å². The molecule has 1 aliphatic heterocycles. The fraction of sp³-hybridized carbons (Fsp3) is 0.176. The number of hydrogen-bond donors (Lipinski definition) is 2. The van der Waals surface area contributed by atoms with Gasteiger partial charge in [0.2, 0.25) is 0 Å². The summed E-state index contributed by atoms with van der Waals surface area (Å²) in [6.45, 7) is 0. The Hall–Kier alpha value is -2.36. The lowest BCUT2D eigenvalue weighted by atomic mass is 9.96. The monoisotopic (exact) mass is 426 g/mol. The minimum Gasteiger partial charge on any atom is -0.466 e. The third-order valence-corrected chi connectivity index (χ3v) is 7.34. The molecule has 142 valence electrons. The molecule has 1 aromatic heterocycles. The molecule has 0 spiro atoms. The predicted octanol–water partition coefficient (Wildman–Crippen LogP) is 2.66. The van der Waals surface area contributed by atoms with Crippen LogP contribution in [0.3, 0.4) is 0 Å². The van der Waals surface area contributed by atoms with E-state index in [0.29, 0.717) is 9.90 Å². The van der Waals surface area contributed by atoms with Crippen LogP contribution < -0.4 is 10.6 Å². The van der Waals surface area contributed by atoms with E-state index in [1.807, 2.05) is 0 Å². The van der Waals surface area contributed by atoms with E-state index in [1.165, 1.54) is 19.2 Å². The molecule has 2 aromatic rings. The van der Waals surface area contributed by atoms with Gasteiger partial charge in [-0.1, -0.05) is 41.9 Å². The molecule has 0 aliphatic carbocycles. The maximum Gasteiger partial charge on any atom is 0.338 e. The van der Waals surface area contributed by atoms with Crippen LogP contribution in [0.4, 0.5) is 4.79 Å². The summed E-state index contributed by atoms with van der Waals surface area (Å²) in [5, 5.41) is 5.07. The summed E-state index contributed by atoms with van der Waals surface area (Å²) in [7, 11) is -2.62. The van der Waals surface area contributed by atoms with Gasteiger partial charge in [0.15, 0.2) is 9.84 Å². The zero-order valence-corrected chi connectivity index (χ0v) is 16.5. The third-order valence-electron chi connectivity index (χ3n) is 3.88. The van der Waals surface area contributed by atoms with Crippen molar-refractivity contribution in [2.75, 3.05) is 12.9 Å². The number of carbonyl (C=O) groups is 2. The molecule has 0 bridgehead atoms. The van der Waals surface area contributed by atoms with E-state index in [0.717, 1.165) is 11.3 Å². The Kier molecular flexibility index (Phi) is 5.54. The van der Waals surface area contributed by atoms with Crippen molar-refractivity contribution in [2.45, 2.75) is 10.3 Å². The van der Waals surface area contributed by atoms with E-state index in [2.05, 4.69) is 10.6 Å². The van der Waals surface area contributed by atoms with Crippen molar-refractivity contribution in [3.63, 3.8) is 0 Å². The molecule has 1 aliphatic rings. The topological polar surface area (TPSA) is 102 Å². The van der Waals surface area contributed by atoms with Crippen LogP contribution in [-0.2, 0) is 19.4 Å². The Morgan fingerprint density at radius 3 is 2.52 bits per heavy atom. The molecular weight excluding hydrogens is 412 g/mol. The number of hydrogen-bond acceptors (Lipinski definition) is 6. The Bertz CT molecular complexity index is 1010. The zero-order valence-electron chi connectivity index (χ0n) is 14.1. The van der Waals surface area contributed by atoms with Crippen molar-refractivity contribution in [3.8, 4) is 0 Å². The summed E-state index contributed by atoms with van der Waals surface area (Å²) in [6, 6.07) is 10.2. The van der Waals surface area contributed by atoms with Crippen LogP contribution in [0.25, 0.3) is 0 Å². The summed E-state index contributed by atoms with van der Waals surface area (Å²) >= 11 is 6.73. The van der Waals surface area contributed by atoms with Crippen molar-refractivity contribution >= 4 is 44.8 Å². The number of urea groups is 1. The van der Waals surface area contributed by atoms with E-state index in [-0.39, 0.29) is 15.5 Å². The number of benzene rings is 1. The van der Waals surface area contributed by atoms with Crippen LogP contribution in [0.5, 0.6) is 0 Å². The number of halogens is 1. The lowest BCUT2D eigenvalue weighted by molar-refractivity contribution is -0.136. The molecule has 1 atom stereocenters. The van der Waals surface area contributed by atoms with Gasteiger partial charge in [-0.05, 0) is 17.7 Å². The number of rotatable bonds is 5. The highest BCUT2D eigenvalue weighted by atomic mass is 35.5. The van der Waals surface area contributed by atoms with Crippen LogP contribution in [0, 0.1) is 0 Å². The van der Waals surface area contributed by atoms with E-state index in [4.69, 9.17) is 16.3 Å². The van der Waals surface area contributed by atoms with Crippen LogP contribution in [-0.4, -0.2) is 33.3 Å². The fourth-order valence-corrected chi connectivity index (χ4v) is 5.60. The standard InChI is InChI=1S/C17H15ClN2O5S2/c1-25-16(21)14-11(9-27(23,24)13-8-7-12(18)26-13)19-17(22)20-15(14)10-5-3-2-4-6-10/h2-8,15H,9H2,1H3,(H2,19,20,22)/t15-/m1/s1. The highest BCUT2D eigenvalue weighted by Gasteiger charge is 2.35. The molecule has 7 nitrogen and oxygen atoms in total. The molecule has 0 saturated heterocycles. The summed E-state index contributed by atoms with van der Waals surface area (Å²) in [6.07, 6.45) is 0. The maximum atomic E-state index is 12.7. The largest absolute Gasteiger partial charge is 0.466 e. The lowest BCUT2D eigenvalue weighted by Gasteiger charge is -2.29. The predicted molar refractivity (Wildman–Crippen MR) is 101 cm³/mol. The smallest absolute Gasteiger partial charge is 0.338 e. The molecule has 27 heavy (non-hydrogen) atoms. The number of sulfone groups is 1. The average Bonchev–Trinajstić information content (AvgIpc) is 3.08. The van der Waals surface area contributed by atoms with Gasteiger partial charge in [0, 0.05) is 5.70 Å². The van der Waals surface area contributed by atoms with Gasteiger partial charge < -0.3 is 15.4 Å². The Morgan fingerprint density at radius 2 is 1.93 bits per heavy atom. The summed E-state index contributed by atoms with van der Waals surface area (Å²) in [5.74, 6) is -1.30. The summed E-state index contributed by atoms with van der Waals surface area (Å²) in [5.41, 5.74) is 0.639. The molecule has 1 aromatic carbocycles. The maximum absolute atomic E-state index is 12.7. The minimum absolute atomic E-state index is 0.0241. The van der Waals surface area contributed by atoms with Crippen molar-refractivity contribution in [3.05, 3.63) is 63.6 Å². The highest BCUT2D eigenvalue weighted by molar-refractivity contribution is 7.93. The van der Waals surface area contributed by atoms with E-state index < -0.39 is 33.6 Å². The second kappa shape index (κ2) is 7.71. The summed E-state index contributed by atoms with van der Waals surface area (Å²) < 4.78 is 30.6. The third kappa shape index (κ3) is 4.15. The van der Waals surface area contributed by atoms with Gasteiger partial charge in [-0.2, -0.15) is 0 Å². The molecular formula is C17H15ClN2O5S2. The fourth-order valence-electron chi connectivity index (χ4n) is 2.70. The van der Waals surface area contributed by atoms with Crippen LogP contribution in [0.15, 0.2) is 57.9 Å². The van der Waals surface area contributed by atoms with E-state index >= 15 is 0 Å². The molecule has 0 unspecified atom stereocenters. The van der Waals surface area contributed by atoms with Gasteiger partial charge in [-0.25, -0.2) is 18.0 Å². The summed E-state index contributed by atoms with van der Waals surface area (Å²) in [4.78, 5) is 24.5.